The van der Waals surface area contributed by atoms with E-state index in [-0.39, 0.29) is 7.43 Å². The maximum absolute atomic E-state index is 5.17. The smallest absolute Gasteiger partial charge is 0.0627 e. The fourth-order valence-corrected chi connectivity index (χ4v) is 0.978. The van der Waals surface area contributed by atoms with Crippen LogP contribution in [-0.2, 0) is 0 Å². The molecule has 0 atom stereocenters. The van der Waals surface area contributed by atoms with Crippen LogP contribution in [0.2, 0.25) is 0 Å². The molecule has 0 fully saturated rings. The summed E-state index contributed by atoms with van der Waals surface area (Å²) >= 11 is 3.31. The second kappa shape index (κ2) is 4.30. The molecule has 1 aromatic carbocycles. The topological polar surface area (TPSA) is 38.0 Å². The minimum atomic E-state index is 0. The van der Waals surface area contributed by atoms with E-state index in [0.717, 1.165) is 10.2 Å². The highest BCUT2D eigenvalue weighted by atomic mass is 79.9. The number of para-hydroxylation sites is 1. The minimum absolute atomic E-state index is 0. The van der Waals surface area contributed by atoms with Crippen LogP contribution in [0.15, 0.2) is 28.7 Å². The lowest BCUT2D eigenvalue weighted by atomic mass is 10.3. The van der Waals surface area contributed by atoms with Crippen LogP contribution < -0.4 is 11.3 Å². The van der Waals surface area contributed by atoms with E-state index in [1.165, 1.54) is 0 Å². The van der Waals surface area contributed by atoms with Crippen LogP contribution in [0.3, 0.4) is 0 Å². The Kier molecular flexibility index (Phi) is 4.07. The van der Waals surface area contributed by atoms with Gasteiger partial charge in [0, 0.05) is 4.47 Å². The van der Waals surface area contributed by atoms with E-state index in [2.05, 4.69) is 21.4 Å². The van der Waals surface area contributed by atoms with Crippen molar-refractivity contribution in [2.75, 3.05) is 5.43 Å². The van der Waals surface area contributed by atoms with Gasteiger partial charge in [-0.2, -0.15) is 0 Å². The summed E-state index contributed by atoms with van der Waals surface area (Å²) in [7, 11) is 0. The lowest BCUT2D eigenvalue weighted by molar-refractivity contribution is 1.34. The van der Waals surface area contributed by atoms with Gasteiger partial charge in [0.05, 0.1) is 5.69 Å². The Hall–Kier alpha value is -0.540. The number of halogens is 1. The Labute approximate surface area is 69.5 Å². The number of anilines is 1. The lowest BCUT2D eigenvalue weighted by Gasteiger charge is -1.99. The van der Waals surface area contributed by atoms with Crippen molar-refractivity contribution < 1.29 is 0 Å². The SMILES string of the molecule is C.NNc1ccccc1Br. The number of hydrogen-bond donors (Lipinski definition) is 2. The van der Waals surface area contributed by atoms with Crippen molar-refractivity contribution in [1.82, 2.24) is 0 Å². The van der Waals surface area contributed by atoms with E-state index in [1.807, 2.05) is 24.3 Å². The molecule has 0 aliphatic heterocycles. The second-order valence-corrected chi connectivity index (χ2v) is 2.48. The third-order valence-corrected chi connectivity index (χ3v) is 1.72. The third-order valence-electron chi connectivity index (χ3n) is 1.03. The summed E-state index contributed by atoms with van der Waals surface area (Å²) in [6, 6.07) is 7.67. The van der Waals surface area contributed by atoms with Gasteiger partial charge in [0.2, 0.25) is 0 Å². The van der Waals surface area contributed by atoms with Crippen molar-refractivity contribution in [3.8, 4) is 0 Å². The largest absolute Gasteiger partial charge is 0.323 e. The van der Waals surface area contributed by atoms with Crippen LogP contribution in [0.1, 0.15) is 7.43 Å². The lowest BCUT2D eigenvalue weighted by Crippen LogP contribution is -2.06. The molecular formula is C7H11BrN2. The van der Waals surface area contributed by atoms with Crippen molar-refractivity contribution in [3.05, 3.63) is 28.7 Å². The van der Waals surface area contributed by atoms with Gasteiger partial charge in [-0.05, 0) is 28.1 Å². The number of hydrogen-bond acceptors (Lipinski definition) is 2. The average molecular weight is 203 g/mol. The fraction of sp³-hybridized carbons (Fsp3) is 0.143. The molecular weight excluding hydrogens is 192 g/mol. The summed E-state index contributed by atoms with van der Waals surface area (Å²) in [4.78, 5) is 0. The first kappa shape index (κ1) is 9.46. The van der Waals surface area contributed by atoms with Crippen molar-refractivity contribution >= 4 is 21.6 Å². The molecule has 0 aliphatic rings. The zero-order valence-electron chi connectivity index (χ0n) is 4.76. The van der Waals surface area contributed by atoms with Crippen molar-refractivity contribution in [3.63, 3.8) is 0 Å². The summed E-state index contributed by atoms with van der Waals surface area (Å²) < 4.78 is 0.979. The molecule has 0 aliphatic carbocycles. The van der Waals surface area contributed by atoms with Gasteiger partial charge in [-0.25, -0.2) is 0 Å². The predicted octanol–water partition coefficient (Wildman–Crippen LogP) is 2.37. The second-order valence-electron chi connectivity index (χ2n) is 1.62. The van der Waals surface area contributed by atoms with Crippen LogP contribution in [0.4, 0.5) is 5.69 Å². The van der Waals surface area contributed by atoms with Crippen LogP contribution in [0, 0.1) is 0 Å². The van der Waals surface area contributed by atoms with E-state index in [4.69, 9.17) is 5.84 Å². The maximum Gasteiger partial charge on any atom is 0.0627 e. The van der Waals surface area contributed by atoms with Gasteiger partial charge < -0.3 is 5.43 Å². The molecule has 2 nitrogen and oxygen atoms in total. The highest BCUT2D eigenvalue weighted by molar-refractivity contribution is 9.10. The fourth-order valence-electron chi connectivity index (χ4n) is 0.578. The quantitative estimate of drug-likeness (QED) is 0.543. The van der Waals surface area contributed by atoms with E-state index >= 15 is 0 Å². The molecule has 0 aromatic heterocycles. The Balaban J connectivity index is 0.000000810. The first-order valence-corrected chi connectivity index (χ1v) is 3.35. The number of nitrogen functional groups attached to an aromatic ring is 1. The van der Waals surface area contributed by atoms with Crippen LogP contribution in [-0.4, -0.2) is 0 Å². The standard InChI is InChI=1S/C6H7BrN2.CH4/c7-5-3-1-2-4-6(5)9-8;/h1-4,9H,8H2;1H4. The zero-order chi connectivity index (χ0) is 6.69. The van der Waals surface area contributed by atoms with Gasteiger partial charge in [-0.15, -0.1) is 0 Å². The van der Waals surface area contributed by atoms with Gasteiger partial charge in [-0.3, -0.25) is 5.84 Å². The van der Waals surface area contributed by atoms with Crippen LogP contribution in [0.5, 0.6) is 0 Å². The van der Waals surface area contributed by atoms with Gasteiger partial charge in [0.25, 0.3) is 0 Å². The number of nitrogens with one attached hydrogen (secondary N) is 1. The molecule has 1 rings (SSSR count). The molecule has 0 unspecified atom stereocenters. The molecule has 0 saturated heterocycles. The van der Waals surface area contributed by atoms with Crippen molar-refractivity contribution in [2.45, 2.75) is 7.43 Å². The Morgan fingerprint density at radius 2 is 1.90 bits per heavy atom. The molecule has 0 radical (unpaired) electrons. The Bertz CT molecular complexity index is 201. The first-order chi connectivity index (χ1) is 4.34. The molecule has 0 heterocycles. The highest BCUT2D eigenvalue weighted by Crippen LogP contribution is 2.19. The summed E-state index contributed by atoms with van der Waals surface area (Å²) in [5, 5.41) is 0. The normalized spacial score (nSPS) is 8.20. The minimum Gasteiger partial charge on any atom is -0.323 e. The Morgan fingerprint density at radius 3 is 2.30 bits per heavy atom. The Morgan fingerprint density at radius 1 is 1.30 bits per heavy atom. The highest BCUT2D eigenvalue weighted by Gasteiger charge is 1.91. The first-order valence-electron chi connectivity index (χ1n) is 2.56. The predicted molar refractivity (Wildman–Crippen MR) is 48.7 cm³/mol. The van der Waals surface area contributed by atoms with Gasteiger partial charge in [0.15, 0.2) is 0 Å². The molecule has 0 spiro atoms. The number of nitrogens with two attached hydrogens (primary N) is 1. The molecule has 1 aromatic rings. The molecule has 0 saturated carbocycles. The molecule has 0 amide bonds. The summed E-state index contributed by atoms with van der Waals surface area (Å²) in [6.07, 6.45) is 0. The maximum atomic E-state index is 5.17. The van der Waals surface area contributed by atoms with Crippen molar-refractivity contribution in [1.29, 1.82) is 0 Å². The van der Waals surface area contributed by atoms with Gasteiger partial charge >= 0.3 is 0 Å². The summed E-state index contributed by atoms with van der Waals surface area (Å²) in [5.74, 6) is 5.17. The summed E-state index contributed by atoms with van der Waals surface area (Å²) in [5.41, 5.74) is 3.45. The van der Waals surface area contributed by atoms with Crippen LogP contribution >= 0.6 is 15.9 Å². The number of rotatable bonds is 1. The molecule has 56 valence electrons. The monoisotopic (exact) mass is 202 g/mol. The van der Waals surface area contributed by atoms with E-state index in [0.29, 0.717) is 0 Å². The molecule has 0 bridgehead atoms. The zero-order valence-corrected chi connectivity index (χ0v) is 6.35. The average Bonchev–Trinajstić information content (AvgIpc) is 1.89. The molecule has 3 heteroatoms. The van der Waals surface area contributed by atoms with Gasteiger partial charge in [0.1, 0.15) is 0 Å². The van der Waals surface area contributed by atoms with Gasteiger partial charge in [-0.1, -0.05) is 19.6 Å². The van der Waals surface area contributed by atoms with Crippen molar-refractivity contribution in [2.24, 2.45) is 5.84 Å². The van der Waals surface area contributed by atoms with E-state index in [9.17, 15) is 0 Å². The van der Waals surface area contributed by atoms with Crippen LogP contribution in [0.25, 0.3) is 0 Å². The molecule has 10 heavy (non-hydrogen) atoms. The number of hydrazine groups is 1. The number of benzene rings is 1. The summed E-state index contributed by atoms with van der Waals surface area (Å²) in [6.45, 7) is 0. The molecule has 3 N–H and O–H groups in total. The third kappa shape index (κ3) is 2.01. The van der Waals surface area contributed by atoms with E-state index in [1.54, 1.807) is 0 Å². The van der Waals surface area contributed by atoms with E-state index < -0.39 is 0 Å².